The van der Waals surface area contributed by atoms with Gasteiger partial charge in [-0.15, -0.1) is 0 Å². The number of piperidine rings is 1. The van der Waals surface area contributed by atoms with Gasteiger partial charge in [-0.2, -0.15) is 9.78 Å². The van der Waals surface area contributed by atoms with Crippen LogP contribution in [0.5, 0.6) is 5.75 Å². The van der Waals surface area contributed by atoms with E-state index in [-0.39, 0.29) is 29.6 Å². The van der Waals surface area contributed by atoms with E-state index in [2.05, 4.69) is 5.10 Å². The van der Waals surface area contributed by atoms with Gasteiger partial charge in [-0.1, -0.05) is 18.2 Å². The molecule has 0 bridgehead atoms. The quantitative estimate of drug-likeness (QED) is 0.595. The molecule has 2 heterocycles. The van der Waals surface area contributed by atoms with Gasteiger partial charge in [0.1, 0.15) is 17.4 Å². The Labute approximate surface area is 183 Å². The molecule has 1 amide bonds. The maximum absolute atomic E-state index is 13.3. The summed E-state index contributed by atoms with van der Waals surface area (Å²) in [6.07, 6.45) is 1.55. The first-order chi connectivity index (χ1) is 15.5. The van der Waals surface area contributed by atoms with Gasteiger partial charge >= 0.3 is 0 Å². The number of carbonyl (C=O) groups is 1. The third-order valence-electron chi connectivity index (χ3n) is 6.27. The van der Waals surface area contributed by atoms with E-state index in [0.717, 1.165) is 18.2 Å². The Balaban J connectivity index is 1.17. The highest BCUT2D eigenvalue weighted by Crippen LogP contribution is 2.51. The number of para-hydroxylation sites is 1. The molecule has 0 N–H and O–H groups in total. The number of halogens is 2. The molecule has 2 fully saturated rings. The number of ether oxygens (including phenoxy) is 1. The van der Waals surface area contributed by atoms with Crippen molar-refractivity contribution in [2.75, 3.05) is 19.7 Å². The minimum atomic E-state index is -0.671. The van der Waals surface area contributed by atoms with Gasteiger partial charge in [0.15, 0.2) is 0 Å². The van der Waals surface area contributed by atoms with Crippen LogP contribution in [0.1, 0.15) is 5.56 Å². The van der Waals surface area contributed by atoms with Crippen molar-refractivity contribution >= 4 is 5.91 Å². The molecule has 2 atom stereocenters. The van der Waals surface area contributed by atoms with Crippen molar-refractivity contribution < 1.29 is 18.3 Å². The zero-order valence-corrected chi connectivity index (χ0v) is 17.2. The van der Waals surface area contributed by atoms with E-state index in [1.54, 1.807) is 23.1 Å². The van der Waals surface area contributed by atoms with Crippen LogP contribution < -0.4 is 10.3 Å². The Hall–Kier alpha value is -3.55. The van der Waals surface area contributed by atoms with Crippen molar-refractivity contribution in [3.63, 3.8) is 0 Å². The van der Waals surface area contributed by atoms with Crippen LogP contribution in [-0.2, 0) is 11.2 Å². The Morgan fingerprint density at radius 2 is 1.72 bits per heavy atom. The summed E-state index contributed by atoms with van der Waals surface area (Å²) in [6.45, 7) is 1.58. The number of benzene rings is 2. The summed E-state index contributed by atoms with van der Waals surface area (Å²) in [4.78, 5) is 27.3. The summed E-state index contributed by atoms with van der Waals surface area (Å²) in [5, 5.41) is 4.12. The van der Waals surface area contributed by atoms with E-state index in [4.69, 9.17) is 4.74 Å². The van der Waals surface area contributed by atoms with Crippen molar-refractivity contribution in [3.05, 3.63) is 88.3 Å². The van der Waals surface area contributed by atoms with Crippen molar-refractivity contribution in [2.24, 2.45) is 17.8 Å². The second kappa shape index (κ2) is 8.18. The molecule has 6 nitrogen and oxygen atoms in total. The van der Waals surface area contributed by atoms with Crippen molar-refractivity contribution in [1.82, 2.24) is 14.7 Å². The third kappa shape index (κ3) is 4.00. The zero-order valence-electron chi connectivity index (χ0n) is 17.2. The molecule has 1 aromatic heterocycles. The molecule has 0 radical (unpaired) electrons. The van der Waals surface area contributed by atoms with E-state index in [9.17, 15) is 18.4 Å². The number of carbonyl (C=O) groups excluding carboxylic acids is 1. The fraction of sp³-hybridized carbons (Fsp3) is 0.292. The van der Waals surface area contributed by atoms with Crippen molar-refractivity contribution in [1.29, 1.82) is 0 Å². The highest BCUT2D eigenvalue weighted by atomic mass is 19.1. The molecule has 1 saturated heterocycles. The summed E-state index contributed by atoms with van der Waals surface area (Å²) in [7, 11) is 0. The second-order valence-electron chi connectivity index (χ2n) is 8.29. The minimum Gasteiger partial charge on any atom is -0.493 e. The standard InChI is InChI=1S/C24H21F2N3O3/c25-16-9-17(26)11-19(10-16)32-14-22-20-12-28(13-21(20)22)23(30)8-15-6-7-27-29(24(15)31)18-4-2-1-3-5-18/h1-7,9-11,20-22H,8,12-14H2. The van der Waals surface area contributed by atoms with E-state index in [1.807, 2.05) is 18.2 Å². The Morgan fingerprint density at radius 1 is 1.03 bits per heavy atom. The number of hydrogen-bond acceptors (Lipinski definition) is 4. The number of rotatable bonds is 6. The summed E-state index contributed by atoms with van der Waals surface area (Å²) in [6, 6.07) is 13.8. The van der Waals surface area contributed by atoms with Crippen LogP contribution in [0, 0.1) is 29.4 Å². The SMILES string of the molecule is O=C(Cc1ccnn(-c2ccccc2)c1=O)N1CC2C(COc3cc(F)cc(F)c3)C2C1. The molecule has 5 rings (SSSR count). The zero-order chi connectivity index (χ0) is 22.2. The third-order valence-corrected chi connectivity index (χ3v) is 6.27. The number of hydrogen-bond donors (Lipinski definition) is 0. The number of fused-ring (bicyclic) bond motifs is 1. The fourth-order valence-corrected chi connectivity index (χ4v) is 4.52. The second-order valence-corrected chi connectivity index (χ2v) is 8.29. The smallest absolute Gasteiger partial charge is 0.275 e. The minimum absolute atomic E-state index is 0.0252. The maximum Gasteiger partial charge on any atom is 0.275 e. The number of amides is 1. The Bertz CT molecular complexity index is 1180. The molecular formula is C24H21F2N3O3. The van der Waals surface area contributed by atoms with Gasteiger partial charge in [0.05, 0.1) is 18.7 Å². The van der Waals surface area contributed by atoms with Crippen LogP contribution in [0.25, 0.3) is 5.69 Å². The average molecular weight is 437 g/mol. The lowest BCUT2D eigenvalue weighted by Gasteiger charge is -2.20. The van der Waals surface area contributed by atoms with Gasteiger partial charge < -0.3 is 9.64 Å². The van der Waals surface area contributed by atoms with Crippen LogP contribution >= 0.6 is 0 Å². The Kier molecular flexibility index (Phi) is 5.20. The molecule has 3 aromatic rings. The summed E-state index contributed by atoms with van der Waals surface area (Å²) < 4.78 is 33.4. The average Bonchev–Trinajstić information content (AvgIpc) is 3.21. The summed E-state index contributed by atoms with van der Waals surface area (Å²) in [5.74, 6) is -0.363. The lowest BCUT2D eigenvalue weighted by atomic mass is 10.2. The number of likely N-dealkylation sites (tertiary alicyclic amines) is 1. The number of nitrogens with zero attached hydrogens (tertiary/aromatic N) is 3. The lowest BCUT2D eigenvalue weighted by Crippen LogP contribution is -2.35. The van der Waals surface area contributed by atoms with E-state index >= 15 is 0 Å². The molecule has 1 saturated carbocycles. The number of aromatic nitrogens is 2. The summed E-state index contributed by atoms with van der Waals surface area (Å²) in [5.41, 5.74) is 0.752. The molecule has 1 aliphatic heterocycles. The molecule has 0 spiro atoms. The van der Waals surface area contributed by atoms with Crippen molar-refractivity contribution in [2.45, 2.75) is 6.42 Å². The molecule has 1 aliphatic carbocycles. The maximum atomic E-state index is 13.3. The van der Waals surface area contributed by atoms with E-state index in [0.29, 0.717) is 42.8 Å². The van der Waals surface area contributed by atoms with Crippen LogP contribution in [0.15, 0.2) is 65.6 Å². The molecular weight excluding hydrogens is 416 g/mol. The van der Waals surface area contributed by atoms with Gasteiger partial charge in [0.25, 0.3) is 5.56 Å². The predicted molar refractivity (Wildman–Crippen MR) is 112 cm³/mol. The normalized spacial score (nSPS) is 21.3. The lowest BCUT2D eigenvalue weighted by molar-refractivity contribution is -0.130. The summed E-state index contributed by atoms with van der Waals surface area (Å²) >= 11 is 0. The van der Waals surface area contributed by atoms with Gasteiger partial charge in [-0.3, -0.25) is 9.59 Å². The highest BCUT2D eigenvalue weighted by Gasteiger charge is 2.56. The fourth-order valence-electron chi connectivity index (χ4n) is 4.52. The molecule has 2 aromatic carbocycles. The molecule has 2 unspecified atom stereocenters. The first-order valence-corrected chi connectivity index (χ1v) is 10.5. The first kappa shape index (κ1) is 20.4. The largest absolute Gasteiger partial charge is 0.493 e. The molecule has 164 valence electrons. The molecule has 2 aliphatic rings. The molecule has 32 heavy (non-hydrogen) atoms. The van der Waals surface area contributed by atoms with Gasteiger partial charge in [0.2, 0.25) is 5.91 Å². The van der Waals surface area contributed by atoms with Crippen LogP contribution in [0.3, 0.4) is 0 Å². The van der Waals surface area contributed by atoms with Crippen LogP contribution in [0.2, 0.25) is 0 Å². The van der Waals surface area contributed by atoms with Crippen molar-refractivity contribution in [3.8, 4) is 11.4 Å². The van der Waals surface area contributed by atoms with Crippen LogP contribution in [-0.4, -0.2) is 40.3 Å². The monoisotopic (exact) mass is 437 g/mol. The van der Waals surface area contributed by atoms with E-state index in [1.165, 1.54) is 10.9 Å². The van der Waals surface area contributed by atoms with Gasteiger partial charge in [-0.25, -0.2) is 8.78 Å². The molecule has 8 heteroatoms. The van der Waals surface area contributed by atoms with Gasteiger partial charge in [-0.05, 0) is 30.0 Å². The van der Waals surface area contributed by atoms with Crippen LogP contribution in [0.4, 0.5) is 8.78 Å². The Morgan fingerprint density at radius 3 is 2.41 bits per heavy atom. The topological polar surface area (TPSA) is 64.4 Å². The predicted octanol–water partition coefficient (Wildman–Crippen LogP) is 2.84. The van der Waals surface area contributed by atoms with E-state index < -0.39 is 11.6 Å². The van der Waals surface area contributed by atoms with Gasteiger partial charge in [0, 0.05) is 49.0 Å². The highest BCUT2D eigenvalue weighted by molar-refractivity contribution is 5.79. The first-order valence-electron chi connectivity index (χ1n) is 10.5.